The number of carbonyl (C=O) groups excluding carboxylic acids is 1. The van der Waals surface area contributed by atoms with Gasteiger partial charge in [0.2, 0.25) is 5.91 Å². The van der Waals surface area contributed by atoms with Gasteiger partial charge in [0, 0.05) is 36.0 Å². The van der Waals surface area contributed by atoms with Crippen LogP contribution in [0.25, 0.3) is 22.2 Å². The molecule has 148 valence electrons. The van der Waals surface area contributed by atoms with Gasteiger partial charge in [0.25, 0.3) is 0 Å². The van der Waals surface area contributed by atoms with Gasteiger partial charge < -0.3 is 15.2 Å². The first-order valence-electron chi connectivity index (χ1n) is 10.7. The number of benzene rings is 2. The number of nitrogens with zero attached hydrogens (tertiary/aromatic N) is 1. The first-order valence-corrected chi connectivity index (χ1v) is 10.7. The fourth-order valence-electron chi connectivity index (χ4n) is 4.64. The molecular formula is C25H27N3O. The lowest BCUT2D eigenvalue weighted by Gasteiger charge is -2.18. The average Bonchev–Trinajstić information content (AvgIpc) is 3.00. The zero-order valence-electron chi connectivity index (χ0n) is 16.7. The molecule has 1 aliphatic carbocycles. The summed E-state index contributed by atoms with van der Waals surface area (Å²) in [5.74, 6) is 0.0678. The van der Waals surface area contributed by atoms with Crippen molar-refractivity contribution >= 4 is 28.2 Å². The first-order chi connectivity index (χ1) is 14.3. The zero-order valence-corrected chi connectivity index (χ0v) is 16.7. The van der Waals surface area contributed by atoms with Crippen molar-refractivity contribution in [3.05, 3.63) is 60.2 Å². The number of hydrogen-bond donors (Lipinski definition) is 2. The predicted molar refractivity (Wildman–Crippen MR) is 120 cm³/mol. The zero-order chi connectivity index (χ0) is 19.6. The summed E-state index contributed by atoms with van der Waals surface area (Å²) in [5.41, 5.74) is 7.13. The quantitative estimate of drug-likeness (QED) is 0.545. The predicted octanol–water partition coefficient (Wildman–Crippen LogP) is 5.95. The van der Waals surface area contributed by atoms with Crippen LogP contribution in [-0.4, -0.2) is 17.0 Å². The van der Waals surface area contributed by atoms with Crippen molar-refractivity contribution < 1.29 is 4.79 Å². The minimum absolute atomic E-state index is 0.0678. The fraction of sp³-hybridized carbons (Fsp3) is 0.320. The molecule has 1 amide bonds. The summed E-state index contributed by atoms with van der Waals surface area (Å²) in [7, 11) is 0. The summed E-state index contributed by atoms with van der Waals surface area (Å²) >= 11 is 0. The van der Waals surface area contributed by atoms with Crippen LogP contribution in [0.3, 0.4) is 0 Å². The molecule has 2 aromatic carbocycles. The highest BCUT2D eigenvalue weighted by Crippen LogP contribution is 2.38. The Hall–Kier alpha value is -3.01. The molecule has 2 heterocycles. The van der Waals surface area contributed by atoms with Crippen molar-refractivity contribution in [2.24, 2.45) is 0 Å². The number of aromatic nitrogens is 1. The number of hydrogen-bond acceptors (Lipinski definition) is 2. The van der Waals surface area contributed by atoms with Crippen LogP contribution < -0.4 is 10.6 Å². The highest BCUT2D eigenvalue weighted by molar-refractivity contribution is 6.00. The normalized spacial score (nSPS) is 16.6. The highest BCUT2D eigenvalue weighted by atomic mass is 16.1. The average molecular weight is 386 g/mol. The van der Waals surface area contributed by atoms with Crippen molar-refractivity contribution in [3.8, 4) is 11.3 Å². The van der Waals surface area contributed by atoms with E-state index in [0.717, 1.165) is 29.9 Å². The van der Waals surface area contributed by atoms with E-state index in [1.54, 1.807) is 5.57 Å². The van der Waals surface area contributed by atoms with Crippen LogP contribution in [0.15, 0.2) is 60.2 Å². The van der Waals surface area contributed by atoms with E-state index in [1.165, 1.54) is 42.3 Å². The maximum absolute atomic E-state index is 12.0. The molecule has 3 aromatic rings. The maximum Gasteiger partial charge on any atom is 0.226 e. The number of rotatable bonds is 4. The Labute approximate surface area is 171 Å². The maximum atomic E-state index is 12.0. The molecule has 0 fully saturated rings. The third kappa shape index (κ3) is 3.55. The van der Waals surface area contributed by atoms with E-state index in [2.05, 4.69) is 57.7 Å². The molecule has 2 aliphatic rings. The number of nitrogens with one attached hydrogen (secondary N) is 2. The summed E-state index contributed by atoms with van der Waals surface area (Å²) in [6.07, 6.45) is 9.15. The molecule has 0 bridgehead atoms. The topological polar surface area (TPSA) is 46.1 Å². The van der Waals surface area contributed by atoms with Crippen LogP contribution in [0, 0.1) is 0 Å². The van der Waals surface area contributed by atoms with Crippen LogP contribution in [-0.2, 0) is 11.3 Å². The van der Waals surface area contributed by atoms with Crippen molar-refractivity contribution in [1.29, 1.82) is 0 Å². The van der Waals surface area contributed by atoms with Gasteiger partial charge in [0.05, 0.1) is 17.1 Å². The van der Waals surface area contributed by atoms with E-state index in [9.17, 15) is 4.79 Å². The number of allylic oxidation sites excluding steroid dienone is 2. The third-order valence-corrected chi connectivity index (χ3v) is 6.12. The smallest absolute Gasteiger partial charge is 0.226 e. The van der Waals surface area contributed by atoms with E-state index in [4.69, 9.17) is 0 Å². The van der Waals surface area contributed by atoms with Crippen molar-refractivity contribution in [2.75, 3.05) is 17.2 Å². The van der Waals surface area contributed by atoms with Crippen LogP contribution in [0.1, 0.15) is 38.5 Å². The largest absolute Gasteiger partial charge is 0.382 e. The SMILES string of the molecule is O=C1CCNc2c(cccc2-c2cc3ccccc3n2CCC2=CCCCC2)N1. The highest BCUT2D eigenvalue weighted by Gasteiger charge is 2.19. The standard InChI is InChI=1S/C25H27N3O/c29-24-13-15-26-25-20(10-6-11-21(25)27-24)23-17-19-9-4-5-12-22(19)28(23)16-14-18-7-2-1-3-8-18/h4-7,9-12,17,26H,1-3,8,13-16H2,(H,27,29). The number of fused-ring (bicyclic) bond motifs is 2. The number of para-hydroxylation sites is 2. The monoisotopic (exact) mass is 385 g/mol. The van der Waals surface area contributed by atoms with Gasteiger partial charge in [-0.1, -0.05) is 42.0 Å². The van der Waals surface area contributed by atoms with Crippen molar-refractivity contribution in [2.45, 2.75) is 45.1 Å². The number of amides is 1. The van der Waals surface area contributed by atoms with E-state index in [-0.39, 0.29) is 5.91 Å². The number of aryl methyl sites for hydroxylation is 1. The molecular weight excluding hydrogens is 358 g/mol. The van der Waals surface area contributed by atoms with E-state index >= 15 is 0 Å². The summed E-state index contributed by atoms with van der Waals surface area (Å²) in [6.45, 7) is 1.63. The molecule has 2 N–H and O–H groups in total. The molecule has 1 aliphatic heterocycles. The minimum Gasteiger partial charge on any atom is -0.382 e. The van der Waals surface area contributed by atoms with Crippen molar-refractivity contribution in [1.82, 2.24) is 4.57 Å². The second-order valence-electron chi connectivity index (χ2n) is 8.05. The van der Waals surface area contributed by atoms with Gasteiger partial charge in [-0.3, -0.25) is 4.79 Å². The van der Waals surface area contributed by atoms with Gasteiger partial charge in [-0.15, -0.1) is 0 Å². The van der Waals surface area contributed by atoms with Crippen LogP contribution in [0.2, 0.25) is 0 Å². The Morgan fingerprint density at radius 1 is 1.00 bits per heavy atom. The van der Waals surface area contributed by atoms with Crippen molar-refractivity contribution in [3.63, 3.8) is 0 Å². The molecule has 0 radical (unpaired) electrons. The summed E-state index contributed by atoms with van der Waals surface area (Å²) in [5, 5.41) is 7.80. The molecule has 0 saturated heterocycles. The van der Waals surface area contributed by atoms with E-state index in [0.29, 0.717) is 13.0 Å². The molecule has 1 aromatic heterocycles. The number of carbonyl (C=O) groups is 1. The summed E-state index contributed by atoms with van der Waals surface area (Å²) in [4.78, 5) is 12.0. The Morgan fingerprint density at radius 2 is 1.93 bits per heavy atom. The summed E-state index contributed by atoms with van der Waals surface area (Å²) < 4.78 is 2.45. The lowest BCUT2D eigenvalue weighted by Crippen LogP contribution is -2.10. The Kier molecular flexibility index (Phi) is 4.84. The molecule has 5 rings (SSSR count). The third-order valence-electron chi connectivity index (χ3n) is 6.12. The molecule has 0 spiro atoms. The Morgan fingerprint density at radius 3 is 2.83 bits per heavy atom. The van der Waals surface area contributed by atoms with Gasteiger partial charge in [0.1, 0.15) is 0 Å². The first kappa shape index (κ1) is 18.0. The van der Waals surface area contributed by atoms with Crippen LogP contribution in [0.4, 0.5) is 11.4 Å². The number of anilines is 2. The molecule has 4 heteroatoms. The van der Waals surface area contributed by atoms with Crippen LogP contribution in [0.5, 0.6) is 0 Å². The van der Waals surface area contributed by atoms with Gasteiger partial charge >= 0.3 is 0 Å². The minimum atomic E-state index is 0.0678. The lowest BCUT2D eigenvalue weighted by atomic mass is 9.97. The molecule has 0 atom stereocenters. The summed E-state index contributed by atoms with van der Waals surface area (Å²) in [6, 6.07) is 17.1. The van der Waals surface area contributed by atoms with Gasteiger partial charge in [-0.25, -0.2) is 0 Å². The van der Waals surface area contributed by atoms with Crippen LogP contribution >= 0.6 is 0 Å². The van der Waals surface area contributed by atoms with E-state index in [1.807, 2.05) is 12.1 Å². The Bertz CT molecular complexity index is 1090. The fourth-order valence-corrected chi connectivity index (χ4v) is 4.64. The Balaban J connectivity index is 1.59. The lowest BCUT2D eigenvalue weighted by molar-refractivity contribution is -0.115. The van der Waals surface area contributed by atoms with E-state index < -0.39 is 0 Å². The molecule has 0 unspecified atom stereocenters. The van der Waals surface area contributed by atoms with Gasteiger partial charge in [-0.2, -0.15) is 0 Å². The molecule has 4 nitrogen and oxygen atoms in total. The van der Waals surface area contributed by atoms with Gasteiger partial charge in [0.15, 0.2) is 0 Å². The molecule has 29 heavy (non-hydrogen) atoms. The second kappa shape index (κ2) is 7.78. The second-order valence-corrected chi connectivity index (χ2v) is 8.05. The molecule has 0 saturated carbocycles. The van der Waals surface area contributed by atoms with Gasteiger partial charge in [-0.05, 0) is 50.3 Å².